The van der Waals surface area contributed by atoms with Crippen LogP contribution in [0.15, 0.2) is 170 Å². The molecule has 9 rings (SSSR count). The quantitative estimate of drug-likeness (QED) is 0.157. The Balaban J connectivity index is 1.07. The van der Waals surface area contributed by atoms with E-state index in [2.05, 4.69) is 96.0 Å². The van der Waals surface area contributed by atoms with E-state index in [0.29, 0.717) is 23.2 Å². The van der Waals surface area contributed by atoms with Crippen LogP contribution in [0.3, 0.4) is 0 Å². The fourth-order valence-electron chi connectivity index (χ4n) is 7.70. The number of rotatable bonds is 8. The molecule has 0 N–H and O–H groups in total. The molecule has 5 aromatic carbocycles. The highest BCUT2D eigenvalue weighted by Gasteiger charge is 2.35. The maximum atomic E-state index is 5.08. The fraction of sp³-hybridized carbons (Fsp3) is 0.125. The second kappa shape index (κ2) is 14.8. The third kappa shape index (κ3) is 6.70. The first-order valence-electron chi connectivity index (χ1n) is 18.7. The van der Waals surface area contributed by atoms with Gasteiger partial charge in [0.15, 0.2) is 23.3 Å². The molecular formula is C48H38N6. The van der Waals surface area contributed by atoms with E-state index in [-0.39, 0.29) is 5.41 Å². The van der Waals surface area contributed by atoms with Gasteiger partial charge in [-0.2, -0.15) is 0 Å². The van der Waals surface area contributed by atoms with Gasteiger partial charge in [-0.25, -0.2) is 24.9 Å². The SMILES string of the molecule is c1ccc(-c2cc(-c3ccc(C4(c5ccc(-c6nc(-c7ccccc7)nc(-c7ccccn7)n6)cc5)CCCCC4)cc3)nc(-c3ccccc3)n2)cc1. The van der Waals surface area contributed by atoms with E-state index < -0.39 is 0 Å². The van der Waals surface area contributed by atoms with Crippen molar-refractivity contribution in [1.82, 2.24) is 29.9 Å². The Morgan fingerprint density at radius 3 is 1.28 bits per heavy atom. The molecule has 1 saturated carbocycles. The molecule has 1 aliphatic carbocycles. The molecule has 0 aliphatic heterocycles. The lowest BCUT2D eigenvalue weighted by molar-refractivity contribution is 0.346. The third-order valence-electron chi connectivity index (χ3n) is 10.5. The lowest BCUT2D eigenvalue weighted by Gasteiger charge is -2.39. The molecule has 54 heavy (non-hydrogen) atoms. The van der Waals surface area contributed by atoms with Gasteiger partial charge in [-0.15, -0.1) is 0 Å². The lowest BCUT2D eigenvalue weighted by atomic mass is 9.65. The van der Waals surface area contributed by atoms with Crippen molar-refractivity contribution in [2.45, 2.75) is 37.5 Å². The second-order valence-electron chi connectivity index (χ2n) is 13.9. The standard InChI is InChI=1S/C48H38N6/c1-5-15-34(16-6-1)42-33-43(51-44(50-42)36-17-7-2-8-18-36)35-22-26-39(27-23-35)48(30-12-4-13-31-48)40-28-24-38(25-29-40)46-52-45(37-19-9-3-10-20-37)53-47(54-46)41-21-11-14-32-49-41/h1-3,5-11,14-29,32-33H,4,12-13,30-31H2. The van der Waals surface area contributed by atoms with Crippen LogP contribution in [-0.4, -0.2) is 29.9 Å². The second-order valence-corrected chi connectivity index (χ2v) is 13.9. The summed E-state index contributed by atoms with van der Waals surface area (Å²) in [5, 5.41) is 0. The van der Waals surface area contributed by atoms with Gasteiger partial charge in [0.25, 0.3) is 0 Å². The highest BCUT2D eigenvalue weighted by atomic mass is 15.0. The normalized spacial score (nSPS) is 13.7. The van der Waals surface area contributed by atoms with Crippen LogP contribution in [0.25, 0.3) is 68.2 Å². The summed E-state index contributed by atoms with van der Waals surface area (Å²) < 4.78 is 0. The van der Waals surface area contributed by atoms with Gasteiger partial charge in [-0.05, 0) is 42.2 Å². The number of pyridine rings is 1. The summed E-state index contributed by atoms with van der Waals surface area (Å²) in [4.78, 5) is 29.3. The van der Waals surface area contributed by atoms with Crippen LogP contribution in [0.5, 0.6) is 0 Å². The van der Waals surface area contributed by atoms with Gasteiger partial charge in [0.05, 0.1) is 11.4 Å². The zero-order valence-corrected chi connectivity index (χ0v) is 29.9. The Hall–Kier alpha value is -6.66. The maximum absolute atomic E-state index is 5.08. The molecule has 260 valence electrons. The van der Waals surface area contributed by atoms with Gasteiger partial charge in [0, 0.05) is 39.4 Å². The van der Waals surface area contributed by atoms with E-state index >= 15 is 0 Å². The van der Waals surface area contributed by atoms with Crippen molar-refractivity contribution < 1.29 is 0 Å². The Bertz CT molecular complexity index is 2190. The molecule has 0 atom stereocenters. The van der Waals surface area contributed by atoms with E-state index in [0.717, 1.165) is 57.9 Å². The van der Waals surface area contributed by atoms with Gasteiger partial charge >= 0.3 is 0 Å². The number of nitrogens with zero attached hydrogens (tertiary/aromatic N) is 6. The van der Waals surface area contributed by atoms with Gasteiger partial charge < -0.3 is 0 Å². The minimum absolute atomic E-state index is 0.0845. The molecule has 0 unspecified atom stereocenters. The van der Waals surface area contributed by atoms with Crippen molar-refractivity contribution in [3.8, 4) is 68.2 Å². The van der Waals surface area contributed by atoms with Crippen molar-refractivity contribution in [3.63, 3.8) is 0 Å². The Labute approximate surface area is 315 Å². The lowest BCUT2D eigenvalue weighted by Crippen LogP contribution is -2.30. The summed E-state index contributed by atoms with van der Waals surface area (Å²) in [7, 11) is 0. The molecule has 0 bridgehead atoms. The maximum Gasteiger partial charge on any atom is 0.182 e. The van der Waals surface area contributed by atoms with Crippen molar-refractivity contribution in [2.24, 2.45) is 0 Å². The zero-order valence-electron chi connectivity index (χ0n) is 29.9. The van der Waals surface area contributed by atoms with Crippen LogP contribution in [0.4, 0.5) is 0 Å². The predicted octanol–water partition coefficient (Wildman–Crippen LogP) is 11.3. The predicted molar refractivity (Wildman–Crippen MR) is 216 cm³/mol. The summed E-state index contributed by atoms with van der Waals surface area (Å²) >= 11 is 0. The largest absolute Gasteiger partial charge is 0.253 e. The monoisotopic (exact) mass is 698 g/mol. The molecule has 0 amide bonds. The third-order valence-corrected chi connectivity index (χ3v) is 10.5. The minimum atomic E-state index is -0.0845. The van der Waals surface area contributed by atoms with E-state index in [9.17, 15) is 0 Å². The van der Waals surface area contributed by atoms with Gasteiger partial charge in [-0.1, -0.05) is 165 Å². The van der Waals surface area contributed by atoms with Gasteiger partial charge in [0.1, 0.15) is 5.69 Å². The Morgan fingerprint density at radius 1 is 0.333 bits per heavy atom. The average molecular weight is 699 g/mol. The van der Waals surface area contributed by atoms with Crippen LogP contribution >= 0.6 is 0 Å². The smallest absolute Gasteiger partial charge is 0.182 e. The zero-order chi connectivity index (χ0) is 36.2. The molecule has 0 radical (unpaired) electrons. The molecule has 1 aliphatic rings. The summed E-state index contributed by atoms with van der Waals surface area (Å²) in [5.41, 5.74) is 10.1. The van der Waals surface area contributed by atoms with E-state index in [1.54, 1.807) is 6.20 Å². The van der Waals surface area contributed by atoms with E-state index in [1.807, 2.05) is 72.8 Å². The van der Waals surface area contributed by atoms with E-state index in [4.69, 9.17) is 24.9 Å². The molecule has 0 saturated heterocycles. The van der Waals surface area contributed by atoms with Gasteiger partial charge in [-0.3, -0.25) is 4.98 Å². The topological polar surface area (TPSA) is 77.3 Å². The molecule has 1 fully saturated rings. The molecule has 3 aromatic heterocycles. The van der Waals surface area contributed by atoms with Gasteiger partial charge in [0.2, 0.25) is 0 Å². The Morgan fingerprint density at radius 2 is 0.759 bits per heavy atom. The fourth-order valence-corrected chi connectivity index (χ4v) is 7.70. The first kappa shape index (κ1) is 33.2. The highest BCUT2D eigenvalue weighted by molar-refractivity contribution is 5.72. The van der Waals surface area contributed by atoms with E-state index in [1.165, 1.54) is 30.4 Å². The molecule has 0 spiro atoms. The molecular weight excluding hydrogens is 661 g/mol. The van der Waals surface area contributed by atoms with Crippen LogP contribution in [0.1, 0.15) is 43.2 Å². The first-order chi connectivity index (χ1) is 26.7. The summed E-state index contributed by atoms with van der Waals surface area (Å²) in [6, 6.07) is 56.5. The number of hydrogen-bond donors (Lipinski definition) is 0. The van der Waals surface area contributed by atoms with Crippen molar-refractivity contribution >= 4 is 0 Å². The average Bonchev–Trinajstić information content (AvgIpc) is 3.27. The summed E-state index contributed by atoms with van der Waals surface area (Å²) in [6.45, 7) is 0. The van der Waals surface area contributed by atoms with Crippen LogP contribution in [0.2, 0.25) is 0 Å². The molecule has 6 nitrogen and oxygen atoms in total. The van der Waals surface area contributed by atoms with Crippen molar-refractivity contribution in [2.75, 3.05) is 0 Å². The van der Waals surface area contributed by atoms with Crippen LogP contribution < -0.4 is 0 Å². The van der Waals surface area contributed by atoms with Crippen LogP contribution in [-0.2, 0) is 5.41 Å². The molecule has 8 aromatic rings. The number of aromatic nitrogens is 6. The molecule has 3 heterocycles. The van der Waals surface area contributed by atoms with Crippen LogP contribution in [0, 0.1) is 0 Å². The highest BCUT2D eigenvalue weighted by Crippen LogP contribution is 2.46. The molecule has 6 heteroatoms. The van der Waals surface area contributed by atoms with Crippen molar-refractivity contribution in [3.05, 3.63) is 181 Å². The number of hydrogen-bond acceptors (Lipinski definition) is 6. The first-order valence-corrected chi connectivity index (χ1v) is 18.7. The number of benzene rings is 5. The van der Waals surface area contributed by atoms with Crippen molar-refractivity contribution in [1.29, 1.82) is 0 Å². The summed E-state index contributed by atoms with van der Waals surface area (Å²) in [5.74, 6) is 2.54. The summed E-state index contributed by atoms with van der Waals surface area (Å²) in [6.07, 6.45) is 7.61. The minimum Gasteiger partial charge on any atom is -0.253 e. The Kier molecular flexibility index (Phi) is 9.07.